The van der Waals surface area contributed by atoms with Gasteiger partial charge in [-0.15, -0.1) is 0 Å². The van der Waals surface area contributed by atoms with E-state index in [9.17, 15) is 9.59 Å². The molecule has 4 rings (SSSR count). The van der Waals surface area contributed by atoms with Crippen molar-refractivity contribution in [1.29, 1.82) is 0 Å². The highest BCUT2D eigenvalue weighted by Gasteiger charge is 2.27. The first-order valence-electron chi connectivity index (χ1n) is 12.0. The fourth-order valence-corrected chi connectivity index (χ4v) is 4.36. The molecule has 5 heteroatoms. The second-order valence-electron chi connectivity index (χ2n) is 8.54. The number of benzene rings is 3. The van der Waals surface area contributed by atoms with Gasteiger partial charge in [0.25, 0.3) is 11.5 Å². The van der Waals surface area contributed by atoms with Crippen LogP contribution in [-0.4, -0.2) is 27.4 Å². The number of carbonyl (C=O) groups excluding carboxylic acids is 1. The summed E-state index contributed by atoms with van der Waals surface area (Å²) < 4.78 is 1.67. The Balaban J connectivity index is 1.85. The molecule has 1 heterocycles. The first kappa shape index (κ1) is 23.4. The van der Waals surface area contributed by atoms with Gasteiger partial charge in [0.1, 0.15) is 5.82 Å². The molecule has 1 aromatic heterocycles. The lowest BCUT2D eigenvalue weighted by Crippen LogP contribution is -2.36. The third kappa shape index (κ3) is 4.38. The van der Waals surface area contributed by atoms with Crippen LogP contribution >= 0.6 is 0 Å². The number of aryl methyl sites for hydroxylation is 2. The summed E-state index contributed by atoms with van der Waals surface area (Å²) in [4.78, 5) is 33.7. The fourth-order valence-electron chi connectivity index (χ4n) is 4.36. The average molecular weight is 454 g/mol. The number of hydrogen-bond acceptors (Lipinski definition) is 3. The van der Waals surface area contributed by atoms with Gasteiger partial charge in [0, 0.05) is 12.6 Å². The maximum atomic E-state index is 13.7. The molecule has 0 aliphatic carbocycles. The minimum absolute atomic E-state index is 0.0928. The van der Waals surface area contributed by atoms with Gasteiger partial charge < -0.3 is 4.90 Å². The highest BCUT2D eigenvalue weighted by Crippen LogP contribution is 2.26. The Bertz CT molecular complexity index is 1360. The van der Waals surface area contributed by atoms with Crippen LogP contribution in [0.1, 0.15) is 60.5 Å². The van der Waals surface area contributed by atoms with Crippen LogP contribution in [0.15, 0.2) is 77.6 Å². The van der Waals surface area contributed by atoms with Gasteiger partial charge in [0.05, 0.1) is 22.6 Å². The normalized spacial score (nSPS) is 12.0. The van der Waals surface area contributed by atoms with E-state index in [-0.39, 0.29) is 17.5 Å². The molecule has 174 valence electrons. The minimum atomic E-state index is -0.374. The average Bonchev–Trinajstić information content (AvgIpc) is 2.89. The molecule has 0 N–H and O–H groups in total. The molecule has 4 aromatic rings. The van der Waals surface area contributed by atoms with Crippen molar-refractivity contribution < 1.29 is 4.79 Å². The molecule has 0 fully saturated rings. The van der Waals surface area contributed by atoms with Crippen molar-refractivity contribution in [2.45, 2.75) is 46.1 Å². The van der Waals surface area contributed by atoms with Crippen molar-refractivity contribution in [2.75, 3.05) is 7.05 Å². The molecule has 0 saturated carbocycles. The number of hydrogen-bond donors (Lipinski definition) is 0. The van der Waals surface area contributed by atoms with Crippen molar-refractivity contribution in [2.24, 2.45) is 0 Å². The molecular weight excluding hydrogens is 422 g/mol. The smallest absolute Gasteiger partial charge is 0.266 e. The Morgan fingerprint density at radius 1 is 0.882 bits per heavy atom. The maximum Gasteiger partial charge on any atom is 0.266 e. The number of rotatable bonds is 7. The second kappa shape index (κ2) is 10.0. The largest absolute Gasteiger partial charge is 0.332 e. The monoisotopic (exact) mass is 453 g/mol. The van der Waals surface area contributed by atoms with E-state index in [1.807, 2.05) is 73.7 Å². The molecule has 34 heavy (non-hydrogen) atoms. The van der Waals surface area contributed by atoms with E-state index in [1.54, 1.807) is 22.6 Å². The van der Waals surface area contributed by atoms with Crippen molar-refractivity contribution in [1.82, 2.24) is 14.5 Å². The highest BCUT2D eigenvalue weighted by molar-refractivity contribution is 5.94. The molecule has 0 radical (unpaired) electrons. The summed E-state index contributed by atoms with van der Waals surface area (Å²) in [5, 5.41) is 0.560. The summed E-state index contributed by atoms with van der Waals surface area (Å²) in [5.74, 6) is 0.473. The van der Waals surface area contributed by atoms with Crippen LogP contribution in [0, 0.1) is 0 Å². The van der Waals surface area contributed by atoms with Gasteiger partial charge in [-0.05, 0) is 66.8 Å². The molecule has 0 spiro atoms. The van der Waals surface area contributed by atoms with E-state index in [1.165, 1.54) is 11.1 Å². The maximum absolute atomic E-state index is 13.7. The Morgan fingerprint density at radius 2 is 1.47 bits per heavy atom. The van der Waals surface area contributed by atoms with Crippen LogP contribution in [0.3, 0.4) is 0 Å². The number of fused-ring (bicyclic) bond motifs is 1. The lowest BCUT2D eigenvalue weighted by molar-refractivity contribution is 0.0717. The van der Waals surface area contributed by atoms with Gasteiger partial charge in [0.15, 0.2) is 0 Å². The van der Waals surface area contributed by atoms with Crippen LogP contribution < -0.4 is 5.56 Å². The summed E-state index contributed by atoms with van der Waals surface area (Å²) >= 11 is 0. The van der Waals surface area contributed by atoms with Crippen molar-refractivity contribution in [3.05, 3.63) is 106 Å². The first-order valence-corrected chi connectivity index (χ1v) is 12.0. The van der Waals surface area contributed by atoms with Crippen molar-refractivity contribution in [3.63, 3.8) is 0 Å². The number of amides is 1. The Hall–Kier alpha value is -3.73. The standard InChI is InChI=1S/C29H31N3O2/c1-5-20-12-16-22(17-13-20)28(33)31(4)26(7-3)27-30-25-11-9-8-10-24(25)29(34)32(27)23-18-14-21(6-2)15-19-23/h8-19,26H,5-7H2,1-4H3. The summed E-state index contributed by atoms with van der Waals surface area (Å²) in [7, 11) is 1.79. The molecule has 0 aliphatic heterocycles. The highest BCUT2D eigenvalue weighted by atomic mass is 16.2. The van der Waals surface area contributed by atoms with E-state index in [4.69, 9.17) is 4.98 Å². The van der Waals surface area contributed by atoms with E-state index < -0.39 is 0 Å². The first-order chi connectivity index (χ1) is 16.5. The van der Waals surface area contributed by atoms with Crippen LogP contribution in [-0.2, 0) is 12.8 Å². The Labute approximate surface area is 200 Å². The number of carbonyl (C=O) groups is 1. The Morgan fingerprint density at radius 3 is 2.06 bits per heavy atom. The number of nitrogens with zero attached hydrogens (tertiary/aromatic N) is 3. The lowest BCUT2D eigenvalue weighted by atomic mass is 10.1. The van der Waals surface area contributed by atoms with Gasteiger partial charge in [-0.3, -0.25) is 14.2 Å². The zero-order chi connectivity index (χ0) is 24.2. The molecule has 5 nitrogen and oxygen atoms in total. The number of para-hydroxylation sites is 1. The van der Waals surface area contributed by atoms with Crippen molar-refractivity contribution in [3.8, 4) is 5.69 Å². The van der Waals surface area contributed by atoms with Gasteiger partial charge in [-0.2, -0.15) is 0 Å². The molecule has 0 saturated heterocycles. The quantitative estimate of drug-likeness (QED) is 0.359. The molecule has 0 bridgehead atoms. The van der Waals surface area contributed by atoms with Gasteiger partial charge in [-0.25, -0.2) is 4.98 Å². The molecule has 1 atom stereocenters. The third-order valence-electron chi connectivity index (χ3n) is 6.49. The minimum Gasteiger partial charge on any atom is -0.332 e. The summed E-state index contributed by atoms with van der Waals surface area (Å²) in [6.45, 7) is 6.21. The van der Waals surface area contributed by atoms with E-state index in [0.717, 1.165) is 18.5 Å². The van der Waals surface area contributed by atoms with E-state index >= 15 is 0 Å². The second-order valence-corrected chi connectivity index (χ2v) is 8.54. The summed E-state index contributed by atoms with van der Waals surface area (Å²) in [6, 6.07) is 22.7. The van der Waals surface area contributed by atoms with Crippen LogP contribution in [0.25, 0.3) is 16.6 Å². The zero-order valence-corrected chi connectivity index (χ0v) is 20.3. The van der Waals surface area contributed by atoms with Gasteiger partial charge >= 0.3 is 0 Å². The molecule has 1 unspecified atom stereocenters. The zero-order valence-electron chi connectivity index (χ0n) is 20.3. The fraction of sp³-hybridized carbons (Fsp3) is 0.276. The van der Waals surface area contributed by atoms with Gasteiger partial charge in [0.2, 0.25) is 0 Å². The van der Waals surface area contributed by atoms with Crippen molar-refractivity contribution >= 4 is 16.8 Å². The molecular formula is C29H31N3O2. The third-order valence-corrected chi connectivity index (χ3v) is 6.49. The molecule has 3 aromatic carbocycles. The van der Waals surface area contributed by atoms with Crippen LogP contribution in [0.4, 0.5) is 0 Å². The van der Waals surface area contributed by atoms with Gasteiger partial charge in [-0.1, -0.05) is 57.2 Å². The van der Waals surface area contributed by atoms with Crippen LogP contribution in [0.5, 0.6) is 0 Å². The predicted molar refractivity (Wildman–Crippen MR) is 138 cm³/mol. The summed E-state index contributed by atoms with van der Waals surface area (Å²) in [6.07, 6.45) is 2.46. The summed E-state index contributed by atoms with van der Waals surface area (Å²) in [5.41, 5.74) is 4.27. The lowest BCUT2D eigenvalue weighted by Gasteiger charge is -2.29. The van der Waals surface area contributed by atoms with E-state index in [0.29, 0.717) is 28.7 Å². The predicted octanol–water partition coefficient (Wildman–Crippen LogP) is 5.73. The van der Waals surface area contributed by atoms with Crippen LogP contribution in [0.2, 0.25) is 0 Å². The Kier molecular flexibility index (Phi) is 6.92. The SMILES string of the molecule is CCc1ccc(C(=O)N(C)C(CC)c2nc3ccccc3c(=O)n2-c2ccc(CC)cc2)cc1. The molecule has 1 amide bonds. The number of aromatic nitrogens is 2. The topological polar surface area (TPSA) is 55.2 Å². The van der Waals surface area contributed by atoms with E-state index in [2.05, 4.69) is 13.8 Å². The molecule has 0 aliphatic rings.